The molecule has 0 amide bonds. The second kappa shape index (κ2) is 5.82. The summed E-state index contributed by atoms with van der Waals surface area (Å²) < 4.78 is 19.5. The number of aryl methyl sites for hydroxylation is 1. The molecule has 0 radical (unpaired) electrons. The maximum atomic E-state index is 13.5. The maximum absolute atomic E-state index is 13.5. The number of pyridine rings is 1. The predicted octanol–water partition coefficient (Wildman–Crippen LogP) is 3.70. The fraction of sp³-hybridized carbons (Fsp3) is 0.353. The van der Waals surface area contributed by atoms with Crippen molar-refractivity contribution in [3.05, 3.63) is 59.2 Å². The molecule has 1 N–H and O–H groups in total. The van der Waals surface area contributed by atoms with Crippen LogP contribution < -0.4 is 10.1 Å². The summed E-state index contributed by atoms with van der Waals surface area (Å²) in [5.74, 6) is 0.351. The van der Waals surface area contributed by atoms with Gasteiger partial charge in [0.15, 0.2) is 0 Å². The summed E-state index contributed by atoms with van der Waals surface area (Å²) in [6, 6.07) is 8.93. The number of benzene rings is 1. The van der Waals surface area contributed by atoms with Crippen molar-refractivity contribution in [3.63, 3.8) is 0 Å². The van der Waals surface area contributed by atoms with Crippen molar-refractivity contribution in [2.45, 2.75) is 32.4 Å². The average Bonchev–Trinajstić information content (AvgIpc) is 2.47. The van der Waals surface area contributed by atoms with E-state index in [-0.39, 0.29) is 18.0 Å². The lowest BCUT2D eigenvalue weighted by Gasteiger charge is -2.32. The Morgan fingerprint density at radius 2 is 2.19 bits per heavy atom. The van der Waals surface area contributed by atoms with Gasteiger partial charge in [-0.2, -0.15) is 0 Å². The number of nitrogens with one attached hydrogen (secondary N) is 1. The molecular formula is C17H19FN2O. The predicted molar refractivity (Wildman–Crippen MR) is 79.8 cm³/mol. The van der Waals surface area contributed by atoms with Gasteiger partial charge in [-0.05, 0) is 25.6 Å². The van der Waals surface area contributed by atoms with Gasteiger partial charge in [-0.1, -0.05) is 19.1 Å². The van der Waals surface area contributed by atoms with E-state index in [1.54, 1.807) is 0 Å². The number of halogens is 1. The number of nitrogens with zero attached hydrogens (tertiary/aromatic N) is 1. The van der Waals surface area contributed by atoms with Crippen molar-refractivity contribution in [3.8, 4) is 5.75 Å². The molecule has 1 aliphatic rings. The molecule has 0 aliphatic carbocycles. The average molecular weight is 286 g/mol. The van der Waals surface area contributed by atoms with Crippen LogP contribution in [0.2, 0.25) is 0 Å². The Labute approximate surface area is 124 Å². The third kappa shape index (κ3) is 2.90. The molecule has 0 bridgehead atoms. The first kappa shape index (κ1) is 14.0. The van der Waals surface area contributed by atoms with Gasteiger partial charge in [0.05, 0.1) is 0 Å². The zero-order valence-corrected chi connectivity index (χ0v) is 12.3. The SMILES string of the molecule is CCNC1CC(c2ccc(C)nc2)Oc2cc(F)ccc21. The first-order valence-electron chi connectivity index (χ1n) is 7.29. The third-order valence-electron chi connectivity index (χ3n) is 3.83. The Hall–Kier alpha value is -1.94. The van der Waals surface area contributed by atoms with Crippen molar-refractivity contribution in [2.75, 3.05) is 6.54 Å². The standard InChI is InChI=1S/C17H19FN2O/c1-3-19-15-9-16(12-5-4-11(2)20-10-12)21-17-8-13(18)6-7-14(15)17/h4-8,10,15-16,19H,3,9H2,1-2H3. The van der Waals surface area contributed by atoms with Crippen LogP contribution >= 0.6 is 0 Å². The first-order valence-corrected chi connectivity index (χ1v) is 7.29. The highest BCUT2D eigenvalue weighted by Crippen LogP contribution is 2.40. The lowest BCUT2D eigenvalue weighted by molar-refractivity contribution is 0.151. The van der Waals surface area contributed by atoms with Gasteiger partial charge in [0.2, 0.25) is 0 Å². The van der Waals surface area contributed by atoms with E-state index in [1.165, 1.54) is 12.1 Å². The highest BCUT2D eigenvalue weighted by Gasteiger charge is 2.29. The molecule has 0 saturated carbocycles. The van der Waals surface area contributed by atoms with E-state index in [9.17, 15) is 4.39 Å². The molecule has 1 aromatic carbocycles. The topological polar surface area (TPSA) is 34.2 Å². The summed E-state index contributed by atoms with van der Waals surface area (Å²) in [5, 5.41) is 3.45. The number of hydrogen-bond donors (Lipinski definition) is 1. The highest BCUT2D eigenvalue weighted by atomic mass is 19.1. The smallest absolute Gasteiger partial charge is 0.127 e. The Balaban J connectivity index is 1.94. The van der Waals surface area contributed by atoms with Crippen LogP contribution in [-0.2, 0) is 0 Å². The van der Waals surface area contributed by atoms with Crippen molar-refractivity contribution in [1.82, 2.24) is 10.3 Å². The molecule has 2 heterocycles. The zero-order chi connectivity index (χ0) is 14.8. The lowest BCUT2D eigenvalue weighted by Crippen LogP contribution is -2.29. The molecule has 2 aromatic rings. The number of hydrogen-bond acceptors (Lipinski definition) is 3. The molecule has 0 spiro atoms. The maximum Gasteiger partial charge on any atom is 0.127 e. The molecule has 3 nitrogen and oxygen atoms in total. The molecular weight excluding hydrogens is 267 g/mol. The van der Waals surface area contributed by atoms with Crippen LogP contribution in [-0.4, -0.2) is 11.5 Å². The Morgan fingerprint density at radius 3 is 2.90 bits per heavy atom. The van der Waals surface area contributed by atoms with Gasteiger partial charge < -0.3 is 10.1 Å². The molecule has 2 atom stereocenters. The van der Waals surface area contributed by atoms with E-state index >= 15 is 0 Å². The molecule has 2 unspecified atom stereocenters. The Kier molecular flexibility index (Phi) is 3.88. The van der Waals surface area contributed by atoms with Crippen molar-refractivity contribution < 1.29 is 9.13 Å². The molecule has 21 heavy (non-hydrogen) atoms. The van der Waals surface area contributed by atoms with Gasteiger partial charge in [-0.15, -0.1) is 0 Å². The van der Waals surface area contributed by atoms with Crippen LogP contribution in [0.4, 0.5) is 4.39 Å². The number of ether oxygens (including phenoxy) is 1. The van der Waals surface area contributed by atoms with E-state index in [4.69, 9.17) is 4.74 Å². The molecule has 0 saturated heterocycles. The summed E-state index contributed by atoms with van der Waals surface area (Å²) in [6.45, 7) is 4.89. The molecule has 110 valence electrons. The lowest BCUT2D eigenvalue weighted by atomic mass is 9.93. The molecule has 4 heteroatoms. The summed E-state index contributed by atoms with van der Waals surface area (Å²) in [7, 11) is 0. The van der Waals surface area contributed by atoms with E-state index in [2.05, 4.69) is 17.2 Å². The summed E-state index contributed by atoms with van der Waals surface area (Å²) >= 11 is 0. The van der Waals surface area contributed by atoms with E-state index in [0.29, 0.717) is 5.75 Å². The van der Waals surface area contributed by atoms with E-state index in [1.807, 2.05) is 31.3 Å². The highest BCUT2D eigenvalue weighted by molar-refractivity contribution is 5.39. The van der Waals surface area contributed by atoms with Crippen LogP contribution in [0.15, 0.2) is 36.5 Å². The Bertz CT molecular complexity index is 627. The van der Waals surface area contributed by atoms with Crippen LogP contribution in [0.25, 0.3) is 0 Å². The van der Waals surface area contributed by atoms with Gasteiger partial charge in [0.25, 0.3) is 0 Å². The summed E-state index contributed by atoms with van der Waals surface area (Å²) in [6.07, 6.45) is 2.56. The van der Waals surface area contributed by atoms with Crippen LogP contribution in [0, 0.1) is 12.7 Å². The van der Waals surface area contributed by atoms with E-state index < -0.39 is 0 Å². The van der Waals surface area contributed by atoms with Crippen molar-refractivity contribution in [1.29, 1.82) is 0 Å². The first-order chi connectivity index (χ1) is 10.2. The van der Waals surface area contributed by atoms with Gasteiger partial charge in [0.1, 0.15) is 17.7 Å². The Morgan fingerprint density at radius 1 is 1.33 bits per heavy atom. The normalized spacial score (nSPS) is 20.7. The quantitative estimate of drug-likeness (QED) is 0.934. The van der Waals surface area contributed by atoms with Gasteiger partial charge in [-0.25, -0.2) is 4.39 Å². The van der Waals surface area contributed by atoms with Crippen LogP contribution in [0.5, 0.6) is 5.75 Å². The van der Waals surface area contributed by atoms with Crippen molar-refractivity contribution >= 4 is 0 Å². The number of fused-ring (bicyclic) bond motifs is 1. The van der Waals surface area contributed by atoms with E-state index in [0.717, 1.165) is 29.8 Å². The fourth-order valence-electron chi connectivity index (χ4n) is 2.75. The summed E-state index contributed by atoms with van der Waals surface area (Å²) in [5.41, 5.74) is 3.03. The molecule has 0 fully saturated rings. The monoisotopic (exact) mass is 286 g/mol. The van der Waals surface area contributed by atoms with Crippen LogP contribution in [0.3, 0.4) is 0 Å². The largest absolute Gasteiger partial charge is 0.485 e. The van der Waals surface area contributed by atoms with Gasteiger partial charge in [-0.3, -0.25) is 4.98 Å². The van der Waals surface area contributed by atoms with Crippen molar-refractivity contribution in [2.24, 2.45) is 0 Å². The molecule has 3 rings (SSSR count). The summed E-state index contributed by atoms with van der Waals surface area (Å²) in [4.78, 5) is 4.32. The minimum atomic E-state index is -0.272. The minimum Gasteiger partial charge on any atom is -0.485 e. The van der Waals surface area contributed by atoms with Gasteiger partial charge >= 0.3 is 0 Å². The minimum absolute atomic E-state index is 0.101. The number of aromatic nitrogens is 1. The molecule has 1 aromatic heterocycles. The second-order valence-corrected chi connectivity index (χ2v) is 5.37. The third-order valence-corrected chi connectivity index (χ3v) is 3.83. The molecule has 1 aliphatic heterocycles. The number of rotatable bonds is 3. The zero-order valence-electron chi connectivity index (χ0n) is 12.3. The fourth-order valence-corrected chi connectivity index (χ4v) is 2.75. The van der Waals surface area contributed by atoms with Crippen LogP contribution in [0.1, 0.15) is 42.3 Å². The second-order valence-electron chi connectivity index (χ2n) is 5.37. The van der Waals surface area contributed by atoms with Gasteiger partial charge in [0, 0.05) is 41.5 Å².